The van der Waals surface area contributed by atoms with Gasteiger partial charge in [0.05, 0.1) is 22.6 Å². The molecule has 0 bridgehead atoms. The Balaban J connectivity index is 0.965. The van der Waals surface area contributed by atoms with Gasteiger partial charge >= 0.3 is 0 Å². The summed E-state index contributed by atoms with van der Waals surface area (Å²) in [5, 5.41) is 27.4. The van der Waals surface area contributed by atoms with Crippen LogP contribution in [0.1, 0.15) is 85.5 Å². The number of rotatable bonds is 15. The number of carbonyl (C=O) groups is 2. The molecular weight excluding hydrogens is 741 g/mol. The summed E-state index contributed by atoms with van der Waals surface area (Å²) in [6, 6.07) is 48.8. The van der Waals surface area contributed by atoms with E-state index in [4.69, 9.17) is 9.98 Å². The molecule has 0 aromatic heterocycles. The molecule has 0 saturated carbocycles. The largest absolute Gasteiger partial charge is 0.511 e. The highest BCUT2D eigenvalue weighted by atomic mass is 16.3. The molecule has 0 fully saturated rings. The number of allylic oxidation sites excluding steroid dienone is 4. The highest BCUT2D eigenvalue weighted by molar-refractivity contribution is 6.25. The van der Waals surface area contributed by atoms with Crippen molar-refractivity contribution in [1.29, 1.82) is 0 Å². The summed E-state index contributed by atoms with van der Waals surface area (Å²) in [5.74, 6) is 0.0288. The predicted molar refractivity (Wildman–Crippen MR) is 245 cm³/mol. The number of benzene rings is 6. The lowest BCUT2D eigenvalue weighted by Crippen LogP contribution is -2.25. The van der Waals surface area contributed by atoms with Crippen LogP contribution in [0.25, 0.3) is 21.5 Å². The average molecular weight is 793 g/mol. The van der Waals surface area contributed by atoms with Crippen molar-refractivity contribution < 1.29 is 19.8 Å². The third-order valence-electron chi connectivity index (χ3n) is 12.1. The lowest BCUT2D eigenvalue weighted by molar-refractivity contribution is -0.117. The van der Waals surface area contributed by atoms with Crippen molar-refractivity contribution in [2.75, 3.05) is 13.1 Å². The second kappa shape index (κ2) is 19.1. The molecule has 2 N–H and O–H groups in total. The predicted octanol–water partition coefficient (Wildman–Crippen LogP) is 12.1. The van der Waals surface area contributed by atoms with Gasteiger partial charge in [0.15, 0.2) is 11.6 Å². The molecular formula is C54H52N2O4. The first kappa shape index (κ1) is 40.4. The van der Waals surface area contributed by atoms with Crippen LogP contribution in [0.5, 0.6) is 0 Å². The van der Waals surface area contributed by atoms with Gasteiger partial charge in [-0.2, -0.15) is 0 Å². The number of carbonyl (C=O) groups excluding carboxylic acids is 2. The zero-order chi connectivity index (χ0) is 41.3. The van der Waals surface area contributed by atoms with Crippen LogP contribution < -0.4 is 0 Å². The molecule has 60 heavy (non-hydrogen) atoms. The van der Waals surface area contributed by atoms with Gasteiger partial charge in [-0.3, -0.25) is 19.6 Å². The normalized spacial score (nSPS) is 17.9. The highest BCUT2D eigenvalue weighted by Crippen LogP contribution is 2.36. The van der Waals surface area contributed by atoms with E-state index in [0.29, 0.717) is 74.2 Å². The Kier molecular flexibility index (Phi) is 12.9. The Morgan fingerprint density at radius 1 is 0.450 bits per heavy atom. The lowest BCUT2D eigenvalue weighted by Gasteiger charge is -2.25. The van der Waals surface area contributed by atoms with E-state index in [1.165, 1.54) is 0 Å². The molecule has 8 rings (SSSR count). The number of aliphatic hydroxyl groups excluding tert-OH is 2. The number of Topliss-reactive ketones (excluding diaryl/α,β-unsaturated/α-hetero) is 2. The fraction of sp³-hybridized carbons (Fsp3) is 0.259. The second-order valence-electron chi connectivity index (χ2n) is 16.2. The number of nitrogens with zero attached hydrogens (tertiary/aromatic N) is 2. The summed E-state index contributed by atoms with van der Waals surface area (Å²) in [4.78, 5) is 37.7. The van der Waals surface area contributed by atoms with E-state index in [1.807, 2.05) is 97.1 Å². The van der Waals surface area contributed by atoms with Crippen molar-refractivity contribution in [2.24, 2.45) is 9.98 Å². The highest BCUT2D eigenvalue weighted by Gasteiger charge is 2.33. The van der Waals surface area contributed by atoms with Crippen molar-refractivity contribution in [3.05, 3.63) is 191 Å². The summed E-state index contributed by atoms with van der Waals surface area (Å²) in [6.07, 6.45) is 5.92. The molecule has 2 atom stereocenters. The molecule has 0 amide bonds. The maximum absolute atomic E-state index is 13.8. The fourth-order valence-electron chi connectivity index (χ4n) is 9.07. The van der Waals surface area contributed by atoms with E-state index >= 15 is 0 Å². The van der Waals surface area contributed by atoms with Crippen LogP contribution in [-0.4, -0.2) is 46.3 Å². The molecule has 0 heterocycles. The Morgan fingerprint density at radius 2 is 0.833 bits per heavy atom. The quantitative estimate of drug-likeness (QED) is 0.0799. The van der Waals surface area contributed by atoms with E-state index < -0.39 is 0 Å². The summed E-state index contributed by atoms with van der Waals surface area (Å²) in [7, 11) is 0. The van der Waals surface area contributed by atoms with Gasteiger partial charge in [0.25, 0.3) is 0 Å². The van der Waals surface area contributed by atoms with Gasteiger partial charge in [-0.25, -0.2) is 0 Å². The third kappa shape index (κ3) is 9.39. The smallest absolute Gasteiger partial charge is 0.168 e. The van der Waals surface area contributed by atoms with Crippen LogP contribution in [-0.2, 0) is 22.4 Å². The van der Waals surface area contributed by atoms with E-state index in [1.54, 1.807) is 0 Å². The van der Waals surface area contributed by atoms with Gasteiger partial charge in [-0.1, -0.05) is 158 Å². The molecule has 0 saturated heterocycles. The minimum atomic E-state index is -0.0584. The number of fused-ring (bicyclic) bond motifs is 2. The first-order valence-electron chi connectivity index (χ1n) is 21.4. The Hall–Kier alpha value is -6.40. The molecule has 2 aliphatic carbocycles. The van der Waals surface area contributed by atoms with E-state index in [9.17, 15) is 19.8 Å². The second-order valence-corrected chi connectivity index (χ2v) is 16.2. The number of hydrogen-bond donors (Lipinski definition) is 2. The maximum atomic E-state index is 13.8. The SMILES string of the molecule is O=C1CC(c2ccccc2)CC(O)=C1C(Cc1cccc2ccccc12)=NCCCCCCN=C(Cc1cccc2ccccc12)C1=C(O)CC(c2ccccc2)CC1=O. The van der Waals surface area contributed by atoms with Gasteiger partial charge in [0.1, 0.15) is 11.5 Å². The van der Waals surface area contributed by atoms with Gasteiger partial charge < -0.3 is 10.2 Å². The molecule has 2 aliphatic rings. The molecule has 6 heteroatoms. The molecule has 2 unspecified atom stereocenters. The van der Waals surface area contributed by atoms with Crippen molar-refractivity contribution in [1.82, 2.24) is 0 Å². The van der Waals surface area contributed by atoms with E-state index in [-0.39, 0.29) is 34.9 Å². The molecule has 302 valence electrons. The maximum Gasteiger partial charge on any atom is 0.168 e. The summed E-state index contributed by atoms with van der Waals surface area (Å²) >= 11 is 0. The zero-order valence-electron chi connectivity index (χ0n) is 34.1. The number of aliphatic imine (C=N–C) groups is 2. The fourth-order valence-corrected chi connectivity index (χ4v) is 9.07. The Labute approximate surface area is 352 Å². The minimum Gasteiger partial charge on any atom is -0.511 e. The van der Waals surface area contributed by atoms with Crippen LogP contribution in [0.4, 0.5) is 0 Å². The Bertz CT molecular complexity index is 2430. The van der Waals surface area contributed by atoms with Crippen molar-refractivity contribution in [3.8, 4) is 0 Å². The third-order valence-corrected chi connectivity index (χ3v) is 12.1. The van der Waals surface area contributed by atoms with Gasteiger partial charge in [-0.15, -0.1) is 0 Å². The average Bonchev–Trinajstić information content (AvgIpc) is 3.27. The molecule has 6 aromatic carbocycles. The Morgan fingerprint density at radius 3 is 1.25 bits per heavy atom. The van der Waals surface area contributed by atoms with E-state index in [0.717, 1.165) is 69.5 Å². The molecule has 0 aliphatic heterocycles. The number of aliphatic hydroxyl groups is 2. The number of unbranched alkanes of at least 4 members (excludes halogenated alkanes) is 3. The van der Waals surface area contributed by atoms with E-state index in [2.05, 4.69) is 48.5 Å². The lowest BCUT2D eigenvalue weighted by atomic mass is 9.80. The van der Waals surface area contributed by atoms with Crippen LogP contribution in [0.15, 0.2) is 178 Å². The van der Waals surface area contributed by atoms with Gasteiger partial charge in [-0.05, 0) is 68.5 Å². The van der Waals surface area contributed by atoms with Gasteiger partial charge in [0, 0.05) is 51.6 Å². The first-order valence-corrected chi connectivity index (χ1v) is 21.4. The number of hydrogen-bond acceptors (Lipinski definition) is 6. The zero-order valence-corrected chi connectivity index (χ0v) is 34.1. The van der Waals surface area contributed by atoms with Crippen LogP contribution in [0, 0.1) is 0 Å². The summed E-state index contributed by atoms with van der Waals surface area (Å²) < 4.78 is 0. The topological polar surface area (TPSA) is 99.3 Å². The number of ketones is 2. The minimum absolute atomic E-state index is 0.0563. The summed E-state index contributed by atoms with van der Waals surface area (Å²) in [5.41, 5.74) is 6.35. The molecule has 6 nitrogen and oxygen atoms in total. The molecule has 0 spiro atoms. The van der Waals surface area contributed by atoms with Crippen LogP contribution in [0.3, 0.4) is 0 Å². The monoisotopic (exact) mass is 792 g/mol. The molecule has 6 aromatic rings. The standard InChI is InChI=1S/C54H52N2O4/c57-49-33-43(37-17-5-3-6-18-37)34-50(58)53(49)47(31-41-25-15-23-39-21-9-11-27-45(39)41)55-29-13-1-2-14-30-56-48(32-42-26-16-24-40-22-10-12-28-46(40)42)54-51(59)35-44(36-52(54)60)38-19-7-4-8-20-38/h3-12,15-28,43-44,57,59H,1-2,13-14,29-36H2. The van der Waals surface area contributed by atoms with Crippen molar-refractivity contribution >= 4 is 44.5 Å². The van der Waals surface area contributed by atoms with Crippen LogP contribution in [0.2, 0.25) is 0 Å². The van der Waals surface area contributed by atoms with Crippen LogP contribution >= 0.6 is 0 Å². The summed E-state index contributed by atoms with van der Waals surface area (Å²) in [6.45, 7) is 1.08. The van der Waals surface area contributed by atoms with Gasteiger partial charge in [0.2, 0.25) is 0 Å². The first-order chi connectivity index (χ1) is 29.4. The van der Waals surface area contributed by atoms with Crippen molar-refractivity contribution in [3.63, 3.8) is 0 Å². The molecule has 0 radical (unpaired) electrons. The van der Waals surface area contributed by atoms with Crippen molar-refractivity contribution in [2.45, 2.75) is 76.0 Å².